The number of amides is 1. The van der Waals surface area contributed by atoms with E-state index in [2.05, 4.69) is 20.3 Å². The van der Waals surface area contributed by atoms with Crippen molar-refractivity contribution in [1.82, 2.24) is 20.3 Å². The largest absolute Gasteiger partial charge is 0.355 e. The number of benzene rings is 1. The molecule has 0 saturated heterocycles. The molecule has 122 valence electrons. The van der Waals surface area contributed by atoms with E-state index in [1.54, 1.807) is 17.5 Å². The Morgan fingerprint density at radius 3 is 2.75 bits per heavy atom. The van der Waals surface area contributed by atoms with Gasteiger partial charge in [-0.3, -0.25) is 4.79 Å². The third kappa shape index (κ3) is 4.45. The zero-order valence-electron chi connectivity index (χ0n) is 13.4. The number of thiazole rings is 1. The van der Waals surface area contributed by atoms with Crippen LogP contribution in [0.4, 0.5) is 0 Å². The first-order chi connectivity index (χ1) is 11.7. The van der Waals surface area contributed by atoms with Crippen LogP contribution in [-0.4, -0.2) is 27.4 Å². The van der Waals surface area contributed by atoms with Gasteiger partial charge >= 0.3 is 0 Å². The van der Waals surface area contributed by atoms with Gasteiger partial charge in [0, 0.05) is 30.1 Å². The van der Waals surface area contributed by atoms with Gasteiger partial charge in [0.2, 0.25) is 5.91 Å². The second kappa shape index (κ2) is 7.79. The number of hydrogen-bond donors (Lipinski definition) is 1. The Hall–Kier alpha value is -2.60. The van der Waals surface area contributed by atoms with Crippen molar-refractivity contribution in [2.75, 3.05) is 6.54 Å². The maximum absolute atomic E-state index is 11.9. The maximum atomic E-state index is 11.9. The van der Waals surface area contributed by atoms with Crippen molar-refractivity contribution in [3.63, 3.8) is 0 Å². The third-order valence-corrected chi connectivity index (χ3v) is 4.28. The number of nitrogens with zero attached hydrogens (tertiary/aromatic N) is 3. The fraction of sp³-hybridized carbons (Fsp3) is 0.222. The molecule has 1 N–H and O–H groups in total. The third-order valence-electron chi connectivity index (χ3n) is 3.45. The van der Waals surface area contributed by atoms with Gasteiger partial charge in [0.15, 0.2) is 0 Å². The normalized spacial score (nSPS) is 10.5. The van der Waals surface area contributed by atoms with Crippen LogP contribution in [0.5, 0.6) is 0 Å². The molecule has 0 unspecified atom stereocenters. The highest BCUT2D eigenvalue weighted by Crippen LogP contribution is 2.15. The number of carbonyl (C=O) groups is 1. The van der Waals surface area contributed by atoms with E-state index in [0.29, 0.717) is 19.4 Å². The van der Waals surface area contributed by atoms with Crippen molar-refractivity contribution < 1.29 is 4.79 Å². The smallest absolute Gasteiger partial charge is 0.226 e. The van der Waals surface area contributed by atoms with E-state index in [1.165, 1.54) is 0 Å². The molecule has 0 aliphatic heterocycles. The lowest BCUT2D eigenvalue weighted by Crippen LogP contribution is -2.27. The summed E-state index contributed by atoms with van der Waals surface area (Å²) in [5, 5.41) is 5.79. The van der Waals surface area contributed by atoms with Gasteiger partial charge < -0.3 is 5.32 Å². The number of hydrogen-bond acceptors (Lipinski definition) is 5. The Bertz CT molecular complexity index is 817. The van der Waals surface area contributed by atoms with E-state index in [1.807, 2.05) is 48.7 Å². The van der Waals surface area contributed by atoms with E-state index >= 15 is 0 Å². The molecule has 2 aromatic heterocycles. The van der Waals surface area contributed by atoms with Gasteiger partial charge in [-0.25, -0.2) is 15.0 Å². The Morgan fingerprint density at radius 2 is 2.00 bits per heavy atom. The average molecular weight is 338 g/mol. The van der Waals surface area contributed by atoms with Gasteiger partial charge in [-0.1, -0.05) is 30.3 Å². The topological polar surface area (TPSA) is 67.8 Å². The molecule has 1 aromatic carbocycles. The highest BCUT2D eigenvalue weighted by Gasteiger charge is 2.07. The van der Waals surface area contributed by atoms with E-state index in [9.17, 15) is 4.79 Å². The second-order valence-corrected chi connectivity index (χ2v) is 6.42. The van der Waals surface area contributed by atoms with Gasteiger partial charge in [-0.2, -0.15) is 0 Å². The van der Waals surface area contributed by atoms with Crippen molar-refractivity contribution in [3.8, 4) is 11.3 Å². The molecule has 0 aliphatic rings. The van der Waals surface area contributed by atoms with Crippen molar-refractivity contribution >= 4 is 17.2 Å². The summed E-state index contributed by atoms with van der Waals surface area (Å²) in [4.78, 5) is 25.0. The number of carbonyl (C=O) groups excluding carboxylic acids is 1. The molecule has 0 saturated carbocycles. The fourth-order valence-corrected chi connectivity index (χ4v) is 2.93. The summed E-state index contributed by atoms with van der Waals surface area (Å²) in [5.74, 6) is 0.695. The summed E-state index contributed by atoms with van der Waals surface area (Å²) in [7, 11) is 0. The first kappa shape index (κ1) is 16.3. The monoisotopic (exact) mass is 338 g/mol. The lowest BCUT2D eigenvalue weighted by molar-refractivity contribution is -0.120. The molecule has 2 heterocycles. The minimum atomic E-state index is -0.0282. The summed E-state index contributed by atoms with van der Waals surface area (Å²) >= 11 is 1.56. The van der Waals surface area contributed by atoms with Crippen LogP contribution < -0.4 is 5.32 Å². The van der Waals surface area contributed by atoms with Crippen LogP contribution in [0.25, 0.3) is 11.3 Å². The molecule has 3 rings (SSSR count). The van der Waals surface area contributed by atoms with Crippen molar-refractivity contribution in [2.24, 2.45) is 0 Å². The number of nitrogens with one attached hydrogen (secondary N) is 1. The molecular formula is C18H18N4OS. The number of rotatable bonds is 6. The summed E-state index contributed by atoms with van der Waals surface area (Å²) in [5.41, 5.74) is 2.77. The van der Waals surface area contributed by atoms with Crippen LogP contribution in [-0.2, 0) is 17.6 Å². The molecule has 6 heteroatoms. The predicted molar refractivity (Wildman–Crippen MR) is 94.7 cm³/mol. The van der Waals surface area contributed by atoms with Crippen LogP contribution in [0, 0.1) is 6.92 Å². The predicted octanol–water partition coefficient (Wildman–Crippen LogP) is 2.81. The number of aryl methyl sites for hydroxylation is 1. The molecule has 3 aromatic rings. The molecule has 0 spiro atoms. The van der Waals surface area contributed by atoms with Gasteiger partial charge in [0.05, 0.1) is 22.8 Å². The lowest BCUT2D eigenvalue weighted by atomic mass is 10.1. The molecule has 0 atom stereocenters. The van der Waals surface area contributed by atoms with Crippen LogP contribution in [0.1, 0.15) is 16.5 Å². The first-order valence-electron chi connectivity index (χ1n) is 7.76. The van der Waals surface area contributed by atoms with E-state index in [0.717, 1.165) is 27.8 Å². The van der Waals surface area contributed by atoms with E-state index in [4.69, 9.17) is 0 Å². The first-order valence-corrected chi connectivity index (χ1v) is 8.64. The van der Waals surface area contributed by atoms with Crippen LogP contribution >= 0.6 is 11.3 Å². The van der Waals surface area contributed by atoms with E-state index < -0.39 is 0 Å². The molecule has 0 aliphatic carbocycles. The summed E-state index contributed by atoms with van der Waals surface area (Å²) in [6.45, 7) is 2.45. The quantitative estimate of drug-likeness (QED) is 0.750. The molecular weight excluding hydrogens is 320 g/mol. The van der Waals surface area contributed by atoms with Crippen LogP contribution in [0.2, 0.25) is 0 Å². The molecule has 0 radical (unpaired) electrons. The number of aromatic nitrogens is 3. The van der Waals surface area contributed by atoms with Gasteiger partial charge in [-0.05, 0) is 13.0 Å². The lowest BCUT2D eigenvalue weighted by Gasteiger charge is -2.05. The Balaban J connectivity index is 1.52. The second-order valence-electron chi connectivity index (χ2n) is 5.36. The zero-order valence-corrected chi connectivity index (χ0v) is 14.2. The summed E-state index contributed by atoms with van der Waals surface area (Å²) in [6, 6.07) is 11.9. The minimum absolute atomic E-state index is 0.0282. The molecule has 0 fully saturated rings. The highest BCUT2D eigenvalue weighted by atomic mass is 32.1. The molecule has 1 amide bonds. The maximum Gasteiger partial charge on any atom is 0.226 e. The van der Waals surface area contributed by atoms with Crippen molar-refractivity contribution in [2.45, 2.75) is 19.8 Å². The Kier molecular flexibility index (Phi) is 5.28. The van der Waals surface area contributed by atoms with Gasteiger partial charge in [0.25, 0.3) is 0 Å². The summed E-state index contributed by atoms with van der Waals surface area (Å²) < 4.78 is 0. The SMILES string of the molecule is Cc1nc(CC(=O)NCCc2nccc(-c3ccccc3)n2)cs1. The average Bonchev–Trinajstić information content (AvgIpc) is 3.01. The fourth-order valence-electron chi connectivity index (χ4n) is 2.32. The van der Waals surface area contributed by atoms with E-state index in [-0.39, 0.29) is 5.91 Å². The van der Waals surface area contributed by atoms with Crippen LogP contribution in [0.3, 0.4) is 0 Å². The zero-order chi connectivity index (χ0) is 16.8. The molecule has 0 bridgehead atoms. The van der Waals surface area contributed by atoms with Gasteiger partial charge in [-0.15, -0.1) is 11.3 Å². The van der Waals surface area contributed by atoms with Gasteiger partial charge in [0.1, 0.15) is 5.82 Å². The van der Waals surface area contributed by atoms with Crippen LogP contribution in [0.15, 0.2) is 48.0 Å². The van der Waals surface area contributed by atoms with Crippen molar-refractivity contribution in [3.05, 3.63) is 64.5 Å². The molecule has 5 nitrogen and oxygen atoms in total. The highest BCUT2D eigenvalue weighted by molar-refractivity contribution is 7.09. The Labute approximate surface area is 144 Å². The summed E-state index contributed by atoms with van der Waals surface area (Å²) in [6.07, 6.45) is 2.67. The standard InChI is InChI=1S/C18H18N4OS/c1-13-21-15(12-24-13)11-18(23)20-10-8-17-19-9-7-16(22-17)14-5-3-2-4-6-14/h2-7,9,12H,8,10-11H2,1H3,(H,20,23). The minimum Gasteiger partial charge on any atom is -0.355 e. The molecule has 24 heavy (non-hydrogen) atoms. The van der Waals surface area contributed by atoms with Crippen molar-refractivity contribution in [1.29, 1.82) is 0 Å². The Morgan fingerprint density at radius 1 is 1.17 bits per heavy atom.